The van der Waals surface area contributed by atoms with Crippen molar-refractivity contribution in [1.82, 2.24) is 0 Å². The zero-order valence-electron chi connectivity index (χ0n) is 8.27. The summed E-state index contributed by atoms with van der Waals surface area (Å²) >= 11 is 0. The van der Waals surface area contributed by atoms with Crippen LogP contribution in [0.15, 0.2) is 18.2 Å². The Labute approximate surface area is 87.7 Å². The topological polar surface area (TPSA) is 72.5 Å². The van der Waals surface area contributed by atoms with Crippen LogP contribution in [-0.2, 0) is 22.5 Å². The fourth-order valence-corrected chi connectivity index (χ4v) is 1.97. The molecule has 4 nitrogen and oxygen atoms in total. The van der Waals surface area contributed by atoms with Gasteiger partial charge in [0.15, 0.2) is 6.10 Å². The average Bonchev–Trinajstić information content (AvgIpc) is 2.27. The van der Waals surface area contributed by atoms with E-state index in [1.54, 1.807) is 6.07 Å². The Bertz CT molecular complexity index is 389. The van der Waals surface area contributed by atoms with Crippen LogP contribution in [-0.4, -0.2) is 17.7 Å². The molecule has 2 rings (SSSR count). The normalized spacial score (nSPS) is 19.7. The van der Waals surface area contributed by atoms with Crippen LogP contribution in [0.1, 0.15) is 22.8 Å². The second-order valence-electron chi connectivity index (χ2n) is 3.53. The first kappa shape index (κ1) is 10.1. The van der Waals surface area contributed by atoms with Gasteiger partial charge < -0.3 is 15.6 Å². The van der Waals surface area contributed by atoms with Crippen LogP contribution in [0.5, 0.6) is 0 Å². The highest BCUT2D eigenvalue weighted by molar-refractivity contribution is 5.75. The van der Waals surface area contributed by atoms with Gasteiger partial charge in [-0.25, -0.2) is 4.79 Å². The smallest absolute Gasteiger partial charge is 0.337 e. The predicted octanol–water partition coefficient (Wildman–Crippen LogP) is 0.844. The lowest BCUT2D eigenvalue weighted by Crippen LogP contribution is -2.24. The molecular formula is C11H13NO3. The highest BCUT2D eigenvalue weighted by Crippen LogP contribution is 2.29. The molecule has 1 aliphatic heterocycles. The van der Waals surface area contributed by atoms with E-state index in [0.717, 1.165) is 23.1 Å². The molecule has 1 aromatic rings. The van der Waals surface area contributed by atoms with Crippen LogP contribution in [0.4, 0.5) is 0 Å². The monoisotopic (exact) mass is 207 g/mol. The fraction of sp³-hybridized carbons (Fsp3) is 0.364. The van der Waals surface area contributed by atoms with Crippen molar-refractivity contribution < 1.29 is 14.6 Å². The van der Waals surface area contributed by atoms with Crippen molar-refractivity contribution in [3.63, 3.8) is 0 Å². The average molecular weight is 207 g/mol. The van der Waals surface area contributed by atoms with E-state index in [-0.39, 0.29) is 0 Å². The minimum atomic E-state index is -0.940. The van der Waals surface area contributed by atoms with E-state index in [2.05, 4.69) is 0 Å². The molecule has 0 aliphatic carbocycles. The van der Waals surface area contributed by atoms with Gasteiger partial charge in [-0.1, -0.05) is 18.2 Å². The minimum Gasteiger partial charge on any atom is -0.479 e. The van der Waals surface area contributed by atoms with Gasteiger partial charge in [0.05, 0.1) is 6.61 Å². The van der Waals surface area contributed by atoms with Crippen molar-refractivity contribution in [2.75, 3.05) is 6.61 Å². The van der Waals surface area contributed by atoms with E-state index in [1.807, 2.05) is 12.1 Å². The lowest BCUT2D eigenvalue weighted by molar-refractivity contribution is -0.151. The maximum Gasteiger partial charge on any atom is 0.337 e. The minimum absolute atomic E-state index is 0.440. The zero-order valence-corrected chi connectivity index (χ0v) is 8.27. The molecule has 0 amide bonds. The van der Waals surface area contributed by atoms with E-state index >= 15 is 0 Å². The number of rotatable bonds is 2. The number of fused-ring (bicyclic) bond motifs is 1. The quantitative estimate of drug-likeness (QED) is 0.753. The van der Waals surface area contributed by atoms with Gasteiger partial charge in [-0.3, -0.25) is 0 Å². The molecule has 0 spiro atoms. The molecule has 0 aromatic heterocycles. The number of carbonyl (C=O) groups is 1. The third-order valence-electron chi connectivity index (χ3n) is 2.67. The second kappa shape index (κ2) is 4.00. The van der Waals surface area contributed by atoms with Gasteiger partial charge in [0.1, 0.15) is 0 Å². The van der Waals surface area contributed by atoms with Gasteiger partial charge in [-0.05, 0) is 23.1 Å². The number of ether oxygens (including phenoxy) is 1. The molecule has 4 heteroatoms. The number of carboxylic acids is 1. The number of hydrogen-bond donors (Lipinski definition) is 2. The van der Waals surface area contributed by atoms with Crippen molar-refractivity contribution >= 4 is 5.97 Å². The first-order valence-electron chi connectivity index (χ1n) is 4.89. The molecule has 1 aliphatic rings. The van der Waals surface area contributed by atoms with Gasteiger partial charge in [-0.2, -0.15) is 0 Å². The summed E-state index contributed by atoms with van der Waals surface area (Å²) in [4.78, 5) is 11.0. The molecule has 0 fully saturated rings. The molecule has 0 saturated carbocycles. The Balaban J connectivity index is 2.48. The summed E-state index contributed by atoms with van der Waals surface area (Å²) in [6, 6.07) is 5.56. The Morgan fingerprint density at radius 2 is 2.40 bits per heavy atom. The van der Waals surface area contributed by atoms with Crippen LogP contribution in [0.2, 0.25) is 0 Å². The highest BCUT2D eigenvalue weighted by atomic mass is 16.5. The molecule has 0 bridgehead atoms. The van der Waals surface area contributed by atoms with E-state index < -0.39 is 12.1 Å². The van der Waals surface area contributed by atoms with Crippen molar-refractivity contribution in [2.45, 2.75) is 19.1 Å². The fourth-order valence-electron chi connectivity index (χ4n) is 1.97. The molecule has 1 heterocycles. The van der Waals surface area contributed by atoms with Crippen molar-refractivity contribution in [3.8, 4) is 0 Å². The summed E-state index contributed by atoms with van der Waals surface area (Å²) in [7, 11) is 0. The van der Waals surface area contributed by atoms with Crippen LogP contribution in [0, 0.1) is 0 Å². The predicted molar refractivity (Wildman–Crippen MR) is 54.4 cm³/mol. The first-order chi connectivity index (χ1) is 7.24. The highest BCUT2D eigenvalue weighted by Gasteiger charge is 2.27. The lowest BCUT2D eigenvalue weighted by Gasteiger charge is -2.24. The number of carboxylic acid groups (broad SMARTS) is 1. The summed E-state index contributed by atoms with van der Waals surface area (Å²) in [6.07, 6.45) is -0.0906. The largest absolute Gasteiger partial charge is 0.479 e. The van der Waals surface area contributed by atoms with E-state index in [0.29, 0.717) is 13.2 Å². The van der Waals surface area contributed by atoms with E-state index in [1.165, 1.54) is 0 Å². The summed E-state index contributed by atoms with van der Waals surface area (Å²) in [5, 5.41) is 8.99. The summed E-state index contributed by atoms with van der Waals surface area (Å²) in [5.74, 6) is -0.940. The Hall–Kier alpha value is -1.39. The molecule has 0 radical (unpaired) electrons. The van der Waals surface area contributed by atoms with Crippen LogP contribution >= 0.6 is 0 Å². The third-order valence-corrected chi connectivity index (χ3v) is 2.67. The summed E-state index contributed by atoms with van der Waals surface area (Å²) < 4.78 is 5.22. The molecule has 3 N–H and O–H groups in total. The van der Waals surface area contributed by atoms with Crippen molar-refractivity contribution in [3.05, 3.63) is 34.9 Å². The molecule has 1 aromatic carbocycles. The maximum atomic E-state index is 11.0. The van der Waals surface area contributed by atoms with Gasteiger partial charge >= 0.3 is 5.97 Å². The number of aliphatic carboxylic acids is 1. The van der Waals surface area contributed by atoms with Crippen LogP contribution < -0.4 is 5.73 Å². The SMILES string of the molecule is NCc1cccc2c1CCO[C@H]2C(=O)O. The Kier molecular flexibility index (Phi) is 2.70. The molecule has 1 atom stereocenters. The molecular weight excluding hydrogens is 194 g/mol. The second-order valence-corrected chi connectivity index (χ2v) is 3.53. The van der Waals surface area contributed by atoms with Gasteiger partial charge in [0.2, 0.25) is 0 Å². The van der Waals surface area contributed by atoms with Crippen LogP contribution in [0.25, 0.3) is 0 Å². The van der Waals surface area contributed by atoms with Gasteiger partial charge in [0.25, 0.3) is 0 Å². The first-order valence-corrected chi connectivity index (χ1v) is 4.89. The number of benzene rings is 1. The zero-order chi connectivity index (χ0) is 10.8. The van der Waals surface area contributed by atoms with Crippen molar-refractivity contribution in [1.29, 1.82) is 0 Å². The Morgan fingerprint density at radius 1 is 1.60 bits per heavy atom. The molecule has 0 unspecified atom stereocenters. The number of nitrogens with two attached hydrogens (primary N) is 1. The maximum absolute atomic E-state index is 11.0. The van der Waals surface area contributed by atoms with E-state index in [9.17, 15) is 4.79 Å². The molecule has 15 heavy (non-hydrogen) atoms. The molecule has 80 valence electrons. The van der Waals surface area contributed by atoms with Crippen LogP contribution in [0.3, 0.4) is 0 Å². The summed E-state index contributed by atoms with van der Waals surface area (Å²) in [6.45, 7) is 0.885. The standard InChI is InChI=1S/C11H13NO3/c12-6-7-2-1-3-9-8(7)4-5-15-10(9)11(13)14/h1-3,10H,4-6,12H2,(H,13,14)/t10-/m1/s1. The van der Waals surface area contributed by atoms with Gasteiger partial charge in [-0.15, -0.1) is 0 Å². The molecule has 0 saturated heterocycles. The number of hydrogen-bond acceptors (Lipinski definition) is 3. The van der Waals surface area contributed by atoms with Crippen molar-refractivity contribution in [2.24, 2.45) is 5.73 Å². The van der Waals surface area contributed by atoms with E-state index in [4.69, 9.17) is 15.6 Å². The summed E-state index contributed by atoms with van der Waals surface area (Å²) in [5.41, 5.74) is 8.41. The van der Waals surface area contributed by atoms with Gasteiger partial charge in [0, 0.05) is 6.54 Å². The Morgan fingerprint density at radius 3 is 3.07 bits per heavy atom. The lowest BCUT2D eigenvalue weighted by atomic mass is 9.93. The third kappa shape index (κ3) is 1.73.